The molecule has 0 aliphatic heterocycles. The number of carbonyl (C=O) groups excluding carboxylic acids is 1. The molecule has 28 heavy (non-hydrogen) atoms. The van der Waals surface area contributed by atoms with E-state index in [1.54, 1.807) is 0 Å². The van der Waals surface area contributed by atoms with Gasteiger partial charge >= 0.3 is 5.88 Å². The molecule has 0 bridgehead atoms. The molecule has 0 unspecified atom stereocenters. The van der Waals surface area contributed by atoms with Crippen LogP contribution in [0.4, 0.5) is 11.7 Å². The molecule has 3 aromatic heterocycles. The molecule has 4 N–H and O–H groups in total. The fraction of sp³-hybridized carbons (Fsp3) is 0.231. The summed E-state index contributed by atoms with van der Waals surface area (Å²) >= 11 is 0. The molecule has 0 saturated heterocycles. The molecule has 0 aliphatic carbocycles. The Labute approximate surface area is 155 Å². The fourth-order valence-corrected chi connectivity index (χ4v) is 2.20. The van der Waals surface area contributed by atoms with Gasteiger partial charge in [0, 0.05) is 0 Å². The zero-order valence-electron chi connectivity index (χ0n) is 14.7. The third kappa shape index (κ3) is 3.83. The van der Waals surface area contributed by atoms with E-state index >= 15 is 0 Å². The van der Waals surface area contributed by atoms with Gasteiger partial charge in [-0.1, -0.05) is 5.21 Å². The van der Waals surface area contributed by atoms with Crippen molar-refractivity contribution in [3.8, 4) is 5.82 Å². The van der Waals surface area contributed by atoms with Gasteiger partial charge in [-0.25, -0.2) is 10.1 Å². The molecule has 1 amide bonds. The maximum Gasteiger partial charge on any atom is 0.433 e. The number of nitro groups is 1. The van der Waals surface area contributed by atoms with E-state index in [2.05, 4.69) is 35.8 Å². The van der Waals surface area contributed by atoms with Crippen LogP contribution in [0.1, 0.15) is 21.9 Å². The number of hydrogen-bond donors (Lipinski definition) is 3. The van der Waals surface area contributed by atoms with Crippen LogP contribution in [0, 0.1) is 10.1 Å². The van der Waals surface area contributed by atoms with E-state index in [9.17, 15) is 14.9 Å². The van der Waals surface area contributed by atoms with Crippen molar-refractivity contribution >= 4 is 23.8 Å². The minimum Gasteiger partial charge on any atom is -0.400 e. The highest BCUT2D eigenvalue weighted by molar-refractivity contribution is 5.94. The fourth-order valence-electron chi connectivity index (χ4n) is 2.20. The lowest BCUT2D eigenvalue weighted by Gasteiger charge is -2.08. The SMILES string of the molecule is C[NH+](C)Cc1c(C(=O)NN=Cc2ccc([N+](=O)[O-])o2)nnn1-c1nonc1N. The number of hydrazone groups is 1. The van der Waals surface area contributed by atoms with Crippen LogP contribution >= 0.6 is 0 Å². The lowest BCUT2D eigenvalue weighted by Crippen LogP contribution is -3.04. The summed E-state index contributed by atoms with van der Waals surface area (Å²) < 4.78 is 10.7. The molecule has 0 spiro atoms. The highest BCUT2D eigenvalue weighted by Gasteiger charge is 2.25. The first kappa shape index (κ1) is 18.6. The summed E-state index contributed by atoms with van der Waals surface area (Å²) in [6.07, 6.45) is 1.12. The van der Waals surface area contributed by atoms with Crippen molar-refractivity contribution < 1.29 is 23.7 Å². The molecule has 3 heterocycles. The van der Waals surface area contributed by atoms with Gasteiger partial charge in [0.05, 0.1) is 26.4 Å². The summed E-state index contributed by atoms with van der Waals surface area (Å²) in [5.74, 6) is -0.908. The smallest absolute Gasteiger partial charge is 0.400 e. The minimum atomic E-state index is -0.686. The van der Waals surface area contributed by atoms with Gasteiger partial charge in [-0.2, -0.15) is 9.78 Å². The normalized spacial score (nSPS) is 11.4. The van der Waals surface area contributed by atoms with Crippen LogP contribution < -0.4 is 16.1 Å². The van der Waals surface area contributed by atoms with Gasteiger partial charge in [-0.15, -0.1) is 5.10 Å². The highest BCUT2D eigenvalue weighted by atomic mass is 16.6. The van der Waals surface area contributed by atoms with Gasteiger partial charge < -0.3 is 15.1 Å². The van der Waals surface area contributed by atoms with Crippen molar-refractivity contribution in [2.24, 2.45) is 5.10 Å². The van der Waals surface area contributed by atoms with Crippen LogP contribution in [0.2, 0.25) is 0 Å². The molecule has 0 saturated carbocycles. The summed E-state index contributed by atoms with van der Waals surface area (Å²) in [4.78, 5) is 23.3. The quantitative estimate of drug-likeness (QED) is 0.233. The number of nitrogens with two attached hydrogens (primary N) is 1. The second-order valence-electron chi connectivity index (χ2n) is 5.79. The van der Waals surface area contributed by atoms with E-state index in [0.29, 0.717) is 12.2 Å². The third-order valence-corrected chi connectivity index (χ3v) is 3.35. The van der Waals surface area contributed by atoms with Crippen molar-refractivity contribution in [1.29, 1.82) is 0 Å². The van der Waals surface area contributed by atoms with Gasteiger partial charge in [0.15, 0.2) is 11.5 Å². The maximum absolute atomic E-state index is 12.4. The number of hydrogen-bond acceptors (Lipinski definition) is 11. The first-order valence-electron chi connectivity index (χ1n) is 7.76. The van der Waals surface area contributed by atoms with Gasteiger partial charge in [0.25, 0.3) is 5.91 Å². The number of amides is 1. The molecule has 15 nitrogen and oxygen atoms in total. The van der Waals surface area contributed by atoms with Crippen molar-refractivity contribution in [3.05, 3.63) is 39.4 Å². The minimum absolute atomic E-state index is 0.00817. The Hall–Kier alpha value is -4.14. The Balaban J connectivity index is 1.80. The number of rotatable bonds is 7. The van der Waals surface area contributed by atoms with Gasteiger partial charge in [0.1, 0.15) is 17.2 Å². The molecule has 3 rings (SSSR count). The van der Waals surface area contributed by atoms with Crippen LogP contribution in [0.15, 0.2) is 26.3 Å². The highest BCUT2D eigenvalue weighted by Crippen LogP contribution is 2.15. The summed E-state index contributed by atoms with van der Waals surface area (Å²) in [7, 11) is 3.73. The van der Waals surface area contributed by atoms with Gasteiger partial charge in [-0.3, -0.25) is 14.9 Å². The Kier molecular flexibility index (Phi) is 5.07. The zero-order chi connectivity index (χ0) is 20.3. The Morgan fingerprint density at radius 1 is 1.46 bits per heavy atom. The van der Waals surface area contributed by atoms with E-state index in [1.807, 2.05) is 14.1 Å². The molecule has 0 aliphatic rings. The van der Waals surface area contributed by atoms with Gasteiger partial charge in [-0.05, 0) is 16.4 Å². The lowest BCUT2D eigenvalue weighted by molar-refractivity contribution is -0.873. The second kappa shape index (κ2) is 7.62. The first-order chi connectivity index (χ1) is 13.4. The van der Waals surface area contributed by atoms with E-state index in [0.717, 1.165) is 11.1 Å². The number of furan rings is 1. The molecule has 3 aromatic rings. The van der Waals surface area contributed by atoms with Gasteiger partial charge in [0.2, 0.25) is 11.6 Å². The second-order valence-corrected chi connectivity index (χ2v) is 5.79. The standard InChI is InChI=1S/C13H14N10O5/c1-21(2)6-8-10(16-20-22(8)12-11(14)18-28-19-12)13(24)17-15-5-7-3-4-9(27-7)23(25)26/h3-5H,6H2,1-2H3,(H2,14,18)(H,17,24)/p+1. The average molecular weight is 391 g/mol. The van der Waals surface area contributed by atoms with Crippen molar-refractivity contribution in [3.63, 3.8) is 0 Å². The van der Waals surface area contributed by atoms with Crippen LogP contribution in [0.3, 0.4) is 0 Å². The molecule has 0 aromatic carbocycles. The number of nitrogens with zero attached hydrogens (tertiary/aromatic N) is 7. The zero-order valence-corrected chi connectivity index (χ0v) is 14.7. The molecule has 15 heteroatoms. The van der Waals surface area contributed by atoms with E-state index < -0.39 is 16.7 Å². The van der Waals surface area contributed by atoms with E-state index in [1.165, 1.54) is 16.8 Å². The number of quaternary nitrogens is 1. The third-order valence-electron chi connectivity index (χ3n) is 3.35. The lowest BCUT2D eigenvalue weighted by atomic mass is 10.3. The van der Waals surface area contributed by atoms with Crippen LogP contribution in [-0.4, -0.2) is 56.4 Å². The number of anilines is 1. The molecule has 0 fully saturated rings. The summed E-state index contributed by atoms with van der Waals surface area (Å²) in [5.41, 5.74) is 8.34. The molecule has 0 atom stereocenters. The molecule has 0 radical (unpaired) electrons. The van der Waals surface area contributed by atoms with Crippen LogP contribution in [-0.2, 0) is 6.54 Å². The first-order valence-corrected chi connectivity index (χ1v) is 7.76. The van der Waals surface area contributed by atoms with E-state index in [-0.39, 0.29) is 23.1 Å². The Bertz CT molecular complexity index is 1030. The summed E-state index contributed by atoms with van der Waals surface area (Å²) in [5, 5.41) is 29.2. The van der Waals surface area contributed by atoms with Crippen molar-refractivity contribution in [2.45, 2.75) is 6.54 Å². The predicted octanol–water partition coefficient (Wildman–Crippen LogP) is -1.86. The van der Waals surface area contributed by atoms with Crippen molar-refractivity contribution in [2.75, 3.05) is 19.8 Å². The number of nitrogen functional groups attached to an aromatic ring is 1. The maximum atomic E-state index is 12.4. The van der Waals surface area contributed by atoms with E-state index in [4.69, 9.17) is 10.2 Å². The molecule has 146 valence electrons. The molecular formula is C13H15N10O5+. The molecular weight excluding hydrogens is 376 g/mol. The average Bonchev–Trinajstić information content (AvgIpc) is 3.34. The predicted molar refractivity (Wildman–Crippen MR) is 90.6 cm³/mol. The largest absolute Gasteiger partial charge is 0.433 e. The monoisotopic (exact) mass is 391 g/mol. The Morgan fingerprint density at radius 3 is 2.86 bits per heavy atom. The number of carbonyl (C=O) groups is 1. The number of aromatic nitrogens is 5. The van der Waals surface area contributed by atoms with Crippen LogP contribution in [0.5, 0.6) is 0 Å². The summed E-state index contributed by atoms with van der Waals surface area (Å²) in [6.45, 7) is 0.357. The Morgan fingerprint density at radius 2 is 2.25 bits per heavy atom. The topological polar surface area (TPSA) is 198 Å². The summed E-state index contributed by atoms with van der Waals surface area (Å²) in [6, 6.07) is 2.51. The van der Waals surface area contributed by atoms with Crippen molar-refractivity contribution in [1.82, 2.24) is 30.7 Å². The number of nitrogens with one attached hydrogen (secondary N) is 2. The van der Waals surface area contributed by atoms with Crippen LogP contribution in [0.25, 0.3) is 5.82 Å².